The van der Waals surface area contributed by atoms with Gasteiger partial charge in [-0.15, -0.1) is 15.3 Å². The largest absolute Gasteiger partial charge is 0.350 e. The number of benzene rings is 1. The molecule has 1 N–H and O–H groups in total. The van der Waals surface area contributed by atoms with Crippen LogP contribution in [-0.2, 0) is 0 Å². The van der Waals surface area contributed by atoms with Gasteiger partial charge in [-0.05, 0) is 19.1 Å². The Morgan fingerprint density at radius 1 is 1.15 bits per heavy atom. The molecule has 0 radical (unpaired) electrons. The first kappa shape index (κ1) is 10.9. The van der Waals surface area contributed by atoms with E-state index in [-0.39, 0.29) is 11.5 Å². The molecule has 4 rings (SSSR count). The molecule has 3 aromatic heterocycles. The Kier molecular flexibility index (Phi) is 2.02. The fourth-order valence-electron chi connectivity index (χ4n) is 2.22. The summed E-state index contributed by atoms with van der Waals surface area (Å²) in [6.07, 6.45) is 0. The molecule has 8 nitrogen and oxygen atoms in total. The molecule has 0 spiro atoms. The fraction of sp³-hybridized carbons (Fsp3) is 0.0833. The normalized spacial score (nSPS) is 11.4. The number of nitrogens with one attached hydrogen (secondary N) is 1. The van der Waals surface area contributed by atoms with Crippen LogP contribution in [0.3, 0.4) is 0 Å². The summed E-state index contributed by atoms with van der Waals surface area (Å²) >= 11 is 0. The molecular weight excluding hydrogens is 258 g/mol. The number of aromatic nitrogens is 7. The van der Waals surface area contributed by atoms with Crippen molar-refractivity contribution in [1.29, 1.82) is 0 Å². The highest BCUT2D eigenvalue weighted by atomic mass is 16.1. The van der Waals surface area contributed by atoms with Crippen LogP contribution in [0, 0.1) is 6.92 Å². The molecule has 0 fully saturated rings. The van der Waals surface area contributed by atoms with Crippen molar-refractivity contribution >= 4 is 16.9 Å². The highest BCUT2D eigenvalue weighted by Gasteiger charge is 2.16. The smallest absolute Gasteiger partial charge is 0.246 e. The second-order valence-electron chi connectivity index (χ2n) is 4.37. The lowest BCUT2D eigenvalue weighted by molar-refractivity contribution is 0.861. The minimum absolute atomic E-state index is 0.222. The van der Waals surface area contributed by atoms with Gasteiger partial charge < -0.3 is 0 Å². The van der Waals surface area contributed by atoms with Crippen LogP contribution in [0.15, 0.2) is 35.1 Å². The molecule has 0 saturated heterocycles. The maximum absolute atomic E-state index is 11.9. The van der Waals surface area contributed by atoms with Crippen LogP contribution >= 0.6 is 0 Å². The number of nitrogens with zero attached hydrogens (tertiary/aromatic N) is 6. The summed E-state index contributed by atoms with van der Waals surface area (Å²) in [5.74, 6) is 0.222. The van der Waals surface area contributed by atoms with E-state index in [2.05, 4.69) is 25.5 Å². The minimum atomic E-state index is -0.364. The Hall–Kier alpha value is -3.03. The number of fused-ring (bicyclic) bond motifs is 3. The summed E-state index contributed by atoms with van der Waals surface area (Å²) in [5, 5.41) is 18.6. The van der Waals surface area contributed by atoms with Crippen molar-refractivity contribution in [1.82, 2.24) is 34.6 Å². The lowest BCUT2D eigenvalue weighted by Gasteiger charge is -2.02. The summed E-state index contributed by atoms with van der Waals surface area (Å²) in [7, 11) is 0. The van der Waals surface area contributed by atoms with Gasteiger partial charge in [0.25, 0.3) is 5.78 Å². The van der Waals surface area contributed by atoms with Gasteiger partial charge in [0.05, 0.1) is 11.4 Å². The second-order valence-corrected chi connectivity index (χ2v) is 4.37. The quantitative estimate of drug-likeness (QED) is 0.540. The van der Waals surface area contributed by atoms with E-state index < -0.39 is 0 Å². The molecule has 3 heterocycles. The molecule has 20 heavy (non-hydrogen) atoms. The number of hydrogen-bond donors (Lipinski definition) is 1. The van der Waals surface area contributed by atoms with Crippen LogP contribution < -0.4 is 5.69 Å². The van der Waals surface area contributed by atoms with Crippen molar-refractivity contribution < 1.29 is 0 Å². The van der Waals surface area contributed by atoms with Gasteiger partial charge in [-0.3, -0.25) is 0 Å². The van der Waals surface area contributed by atoms with Crippen LogP contribution in [0.25, 0.3) is 22.6 Å². The number of hydrogen-bond acceptors (Lipinski definition) is 5. The van der Waals surface area contributed by atoms with Crippen molar-refractivity contribution in [3.05, 3.63) is 46.5 Å². The lowest BCUT2D eigenvalue weighted by Crippen LogP contribution is -2.13. The molecule has 1 aromatic carbocycles. The summed E-state index contributed by atoms with van der Waals surface area (Å²) < 4.78 is 3.04. The zero-order valence-corrected chi connectivity index (χ0v) is 10.5. The molecule has 0 bridgehead atoms. The summed E-state index contributed by atoms with van der Waals surface area (Å²) in [6, 6.07) is 9.54. The van der Waals surface area contributed by atoms with Gasteiger partial charge in [0.1, 0.15) is 0 Å². The molecule has 0 aliphatic heterocycles. The third kappa shape index (κ3) is 1.32. The molecule has 0 atom stereocenters. The van der Waals surface area contributed by atoms with E-state index in [9.17, 15) is 4.79 Å². The van der Waals surface area contributed by atoms with E-state index >= 15 is 0 Å². The van der Waals surface area contributed by atoms with Crippen molar-refractivity contribution in [2.45, 2.75) is 6.92 Å². The first-order valence-electron chi connectivity index (χ1n) is 6.00. The molecule has 98 valence electrons. The monoisotopic (exact) mass is 267 g/mol. The van der Waals surface area contributed by atoms with Crippen molar-refractivity contribution in [2.24, 2.45) is 0 Å². The third-order valence-electron chi connectivity index (χ3n) is 3.11. The van der Waals surface area contributed by atoms with Gasteiger partial charge in [0.15, 0.2) is 11.2 Å². The average Bonchev–Trinajstić information content (AvgIpc) is 3.01. The Morgan fingerprint density at radius 2 is 1.95 bits per heavy atom. The average molecular weight is 267 g/mol. The van der Waals surface area contributed by atoms with E-state index in [1.807, 2.05) is 37.3 Å². The van der Waals surface area contributed by atoms with Gasteiger partial charge >= 0.3 is 5.69 Å². The van der Waals surface area contributed by atoms with Crippen LogP contribution in [0.4, 0.5) is 0 Å². The molecule has 0 unspecified atom stereocenters. The third-order valence-corrected chi connectivity index (χ3v) is 3.11. The standard InChI is InChI=1S/C12H9N7O/c1-7-9-10(18-11(14-13-9)15-16-12(18)20)19(17-7)8-5-3-2-4-6-8/h2-6H,1H3,(H,16,20). The molecule has 4 aromatic rings. The Balaban J connectivity index is 2.24. The number of rotatable bonds is 1. The number of aromatic amines is 1. The highest BCUT2D eigenvalue weighted by molar-refractivity contribution is 5.76. The minimum Gasteiger partial charge on any atom is -0.246 e. The van der Waals surface area contributed by atoms with Crippen LogP contribution in [0.5, 0.6) is 0 Å². The second kappa shape index (κ2) is 3.73. The summed E-state index contributed by atoms with van der Waals surface area (Å²) in [5.41, 5.74) is 2.30. The predicted molar refractivity (Wildman–Crippen MR) is 70.8 cm³/mol. The van der Waals surface area contributed by atoms with Crippen LogP contribution in [0.1, 0.15) is 5.69 Å². The Labute approximate surface area is 111 Å². The molecule has 8 heteroatoms. The molecule has 0 aliphatic carbocycles. The van der Waals surface area contributed by atoms with Crippen molar-refractivity contribution in [3.63, 3.8) is 0 Å². The van der Waals surface area contributed by atoms with E-state index in [0.717, 1.165) is 5.69 Å². The van der Waals surface area contributed by atoms with Crippen LogP contribution in [-0.4, -0.2) is 34.6 Å². The molecule has 0 saturated carbocycles. The predicted octanol–water partition coefficient (Wildman–Crippen LogP) is 0.460. The van der Waals surface area contributed by atoms with Gasteiger partial charge in [0, 0.05) is 0 Å². The lowest BCUT2D eigenvalue weighted by atomic mass is 10.3. The fourth-order valence-corrected chi connectivity index (χ4v) is 2.22. The van der Waals surface area contributed by atoms with Crippen LogP contribution in [0.2, 0.25) is 0 Å². The Morgan fingerprint density at radius 3 is 2.75 bits per heavy atom. The Bertz CT molecular complexity index is 980. The number of aryl methyl sites for hydroxylation is 1. The molecule has 0 amide bonds. The van der Waals surface area contributed by atoms with Gasteiger partial charge in [-0.2, -0.15) is 5.10 Å². The van der Waals surface area contributed by atoms with Crippen molar-refractivity contribution in [3.8, 4) is 5.69 Å². The van der Waals surface area contributed by atoms with E-state index in [4.69, 9.17) is 0 Å². The van der Waals surface area contributed by atoms with E-state index in [0.29, 0.717) is 16.9 Å². The zero-order valence-electron chi connectivity index (χ0n) is 10.5. The summed E-state index contributed by atoms with van der Waals surface area (Å²) in [6.45, 7) is 1.83. The summed E-state index contributed by atoms with van der Waals surface area (Å²) in [4.78, 5) is 11.9. The first-order chi connectivity index (χ1) is 9.75. The van der Waals surface area contributed by atoms with Gasteiger partial charge in [0.2, 0.25) is 0 Å². The SMILES string of the molecule is Cc1nn(-c2ccccc2)c2c1nnc1n[nH]c(=O)n12. The van der Waals surface area contributed by atoms with E-state index in [1.54, 1.807) is 4.68 Å². The van der Waals surface area contributed by atoms with Gasteiger partial charge in [-0.1, -0.05) is 18.2 Å². The zero-order chi connectivity index (χ0) is 13.7. The maximum atomic E-state index is 11.9. The van der Waals surface area contributed by atoms with Gasteiger partial charge in [-0.25, -0.2) is 19.0 Å². The number of H-pyrrole nitrogens is 1. The first-order valence-corrected chi connectivity index (χ1v) is 6.00. The molecular formula is C12H9N7O. The highest BCUT2D eigenvalue weighted by Crippen LogP contribution is 2.18. The van der Waals surface area contributed by atoms with Crippen molar-refractivity contribution in [2.75, 3.05) is 0 Å². The van der Waals surface area contributed by atoms with E-state index in [1.165, 1.54) is 4.40 Å². The number of para-hydroxylation sites is 1. The molecule has 0 aliphatic rings. The maximum Gasteiger partial charge on any atom is 0.350 e. The topological polar surface area (TPSA) is 93.8 Å².